The minimum atomic E-state index is -0.118. The first-order valence-electron chi connectivity index (χ1n) is 9.43. The number of carbonyl (C=O) groups excluding carboxylic acids is 1. The Morgan fingerprint density at radius 2 is 2.04 bits per heavy atom. The second-order valence-corrected chi connectivity index (χ2v) is 6.82. The highest BCUT2D eigenvalue weighted by atomic mass is 16.5. The number of likely N-dealkylation sites (N-methyl/N-ethyl adjacent to an activating group) is 2. The Kier molecular flexibility index (Phi) is 5.02. The third kappa shape index (κ3) is 3.71. The molecule has 28 heavy (non-hydrogen) atoms. The Morgan fingerprint density at radius 1 is 1.25 bits per heavy atom. The van der Waals surface area contributed by atoms with Crippen molar-refractivity contribution in [3.8, 4) is 5.75 Å². The molecule has 0 fully saturated rings. The highest BCUT2D eigenvalue weighted by Gasteiger charge is 2.26. The Morgan fingerprint density at radius 3 is 2.86 bits per heavy atom. The van der Waals surface area contributed by atoms with Gasteiger partial charge >= 0.3 is 0 Å². The molecule has 0 aliphatic carbocycles. The van der Waals surface area contributed by atoms with Crippen LogP contribution in [-0.2, 0) is 4.79 Å². The number of fused-ring (bicyclic) bond motifs is 2. The minimum Gasteiger partial charge on any atom is -0.485 e. The number of oxazole rings is 1. The van der Waals surface area contributed by atoms with E-state index in [1.54, 1.807) is 18.0 Å². The molecule has 2 heterocycles. The second kappa shape index (κ2) is 7.76. The zero-order chi connectivity index (χ0) is 19.5. The summed E-state index contributed by atoms with van der Waals surface area (Å²) >= 11 is 0. The molecule has 0 N–H and O–H groups in total. The van der Waals surface area contributed by atoms with Crippen LogP contribution >= 0.6 is 0 Å². The van der Waals surface area contributed by atoms with Crippen LogP contribution in [0.15, 0.2) is 59.0 Å². The quantitative estimate of drug-likeness (QED) is 0.636. The predicted molar refractivity (Wildman–Crippen MR) is 109 cm³/mol. The normalized spacial score (nSPS) is 16.2. The number of aromatic nitrogens is 1. The molecule has 0 bridgehead atoms. The molecule has 1 atom stereocenters. The number of amides is 1. The van der Waals surface area contributed by atoms with Crippen LogP contribution in [0.4, 0.5) is 5.69 Å². The molecule has 0 radical (unpaired) electrons. The average Bonchev–Trinajstić information content (AvgIpc) is 3.14. The molecule has 1 aliphatic heterocycles. The minimum absolute atomic E-state index is 0.0819. The van der Waals surface area contributed by atoms with Crippen molar-refractivity contribution in [2.45, 2.75) is 13.0 Å². The van der Waals surface area contributed by atoms with Crippen LogP contribution in [0.5, 0.6) is 5.75 Å². The average molecular weight is 377 g/mol. The van der Waals surface area contributed by atoms with Crippen LogP contribution in [0.25, 0.3) is 17.2 Å². The Bertz CT molecular complexity index is 978. The van der Waals surface area contributed by atoms with E-state index in [1.165, 1.54) is 6.08 Å². The highest BCUT2D eigenvalue weighted by Crippen LogP contribution is 2.32. The van der Waals surface area contributed by atoms with Crippen molar-refractivity contribution < 1.29 is 13.9 Å². The standard InChI is InChI=1S/C22H23N3O3/c1-3-25-15-16(27-20-11-7-5-9-18(20)25)14-24(2)22(26)13-12-21-23-17-8-4-6-10-19(17)28-21/h4-13,16H,3,14-15H2,1-2H3/b13-12-/t16-/m0/s1. The number of hydrogen-bond donors (Lipinski definition) is 0. The van der Waals surface area contributed by atoms with Gasteiger partial charge < -0.3 is 19.0 Å². The molecular weight excluding hydrogens is 354 g/mol. The predicted octanol–water partition coefficient (Wildman–Crippen LogP) is 3.59. The van der Waals surface area contributed by atoms with Gasteiger partial charge in [0.25, 0.3) is 0 Å². The molecule has 0 spiro atoms. The largest absolute Gasteiger partial charge is 0.485 e. The summed E-state index contributed by atoms with van der Waals surface area (Å²) in [6.45, 7) is 4.27. The van der Waals surface area contributed by atoms with Gasteiger partial charge in [-0.05, 0) is 31.2 Å². The first-order valence-corrected chi connectivity index (χ1v) is 9.43. The topological polar surface area (TPSA) is 58.8 Å². The molecule has 0 unspecified atom stereocenters. The van der Waals surface area contributed by atoms with E-state index >= 15 is 0 Å². The summed E-state index contributed by atoms with van der Waals surface area (Å²) in [6, 6.07) is 15.5. The molecule has 144 valence electrons. The van der Waals surface area contributed by atoms with Gasteiger partial charge in [-0.3, -0.25) is 4.79 Å². The van der Waals surface area contributed by atoms with Crippen molar-refractivity contribution in [3.05, 3.63) is 60.5 Å². The first kappa shape index (κ1) is 18.1. The Hall–Kier alpha value is -3.28. The molecule has 0 saturated carbocycles. The highest BCUT2D eigenvalue weighted by molar-refractivity contribution is 5.91. The summed E-state index contributed by atoms with van der Waals surface area (Å²) in [7, 11) is 1.78. The monoisotopic (exact) mass is 377 g/mol. The molecule has 0 saturated heterocycles. The lowest BCUT2D eigenvalue weighted by Crippen LogP contribution is -2.46. The summed E-state index contributed by atoms with van der Waals surface area (Å²) in [4.78, 5) is 20.8. The van der Waals surface area contributed by atoms with E-state index in [1.807, 2.05) is 42.5 Å². The van der Waals surface area contributed by atoms with Crippen LogP contribution in [0.1, 0.15) is 12.8 Å². The van der Waals surface area contributed by atoms with Crippen molar-refractivity contribution in [2.24, 2.45) is 0 Å². The van der Waals surface area contributed by atoms with E-state index in [9.17, 15) is 4.79 Å². The number of rotatable bonds is 5. The van der Waals surface area contributed by atoms with Gasteiger partial charge in [-0.1, -0.05) is 24.3 Å². The summed E-state index contributed by atoms with van der Waals surface area (Å²) in [5.41, 5.74) is 2.58. The van der Waals surface area contributed by atoms with E-state index in [-0.39, 0.29) is 12.0 Å². The summed E-state index contributed by atoms with van der Waals surface area (Å²) in [6.07, 6.45) is 3.01. The zero-order valence-corrected chi connectivity index (χ0v) is 16.0. The SMILES string of the molecule is CCN1C[C@H](CN(C)C(=O)/C=C\c2nc3ccccc3o2)Oc2ccccc21. The van der Waals surface area contributed by atoms with Gasteiger partial charge in [0.2, 0.25) is 11.8 Å². The Labute approximate surface area is 164 Å². The van der Waals surface area contributed by atoms with Crippen molar-refractivity contribution in [1.29, 1.82) is 0 Å². The molecule has 4 rings (SSSR count). The van der Waals surface area contributed by atoms with Gasteiger partial charge in [-0.2, -0.15) is 0 Å². The lowest BCUT2D eigenvalue weighted by molar-refractivity contribution is -0.125. The third-order valence-electron chi connectivity index (χ3n) is 4.84. The molecule has 2 aromatic carbocycles. The maximum Gasteiger partial charge on any atom is 0.246 e. The lowest BCUT2D eigenvalue weighted by Gasteiger charge is -2.37. The van der Waals surface area contributed by atoms with E-state index in [0.717, 1.165) is 30.0 Å². The van der Waals surface area contributed by atoms with Crippen molar-refractivity contribution in [2.75, 3.05) is 31.6 Å². The summed E-state index contributed by atoms with van der Waals surface area (Å²) in [5, 5.41) is 0. The maximum atomic E-state index is 12.5. The van der Waals surface area contributed by atoms with Gasteiger partial charge in [0.05, 0.1) is 18.8 Å². The molecule has 1 amide bonds. The third-order valence-corrected chi connectivity index (χ3v) is 4.84. The van der Waals surface area contributed by atoms with Crippen LogP contribution in [-0.4, -0.2) is 48.6 Å². The van der Waals surface area contributed by atoms with E-state index in [4.69, 9.17) is 9.15 Å². The molecule has 1 aliphatic rings. The zero-order valence-electron chi connectivity index (χ0n) is 16.0. The molecule has 3 aromatic rings. The summed E-state index contributed by atoms with van der Waals surface area (Å²) in [5.74, 6) is 1.17. The fourth-order valence-corrected chi connectivity index (χ4v) is 3.40. The van der Waals surface area contributed by atoms with E-state index in [0.29, 0.717) is 18.0 Å². The molecule has 1 aromatic heterocycles. The van der Waals surface area contributed by atoms with Crippen LogP contribution in [0.2, 0.25) is 0 Å². The van der Waals surface area contributed by atoms with Gasteiger partial charge in [0, 0.05) is 25.7 Å². The number of para-hydroxylation sites is 4. The number of anilines is 1. The maximum absolute atomic E-state index is 12.5. The van der Waals surface area contributed by atoms with Gasteiger partial charge in [0.1, 0.15) is 17.4 Å². The van der Waals surface area contributed by atoms with Crippen LogP contribution in [0.3, 0.4) is 0 Å². The molecule has 6 nitrogen and oxygen atoms in total. The van der Waals surface area contributed by atoms with E-state index < -0.39 is 0 Å². The summed E-state index contributed by atoms with van der Waals surface area (Å²) < 4.78 is 11.7. The number of benzene rings is 2. The van der Waals surface area contributed by atoms with Crippen LogP contribution < -0.4 is 9.64 Å². The number of hydrogen-bond acceptors (Lipinski definition) is 5. The lowest BCUT2D eigenvalue weighted by atomic mass is 10.2. The number of carbonyl (C=O) groups is 1. The number of nitrogens with zero attached hydrogens (tertiary/aromatic N) is 3. The van der Waals surface area contributed by atoms with E-state index in [2.05, 4.69) is 22.9 Å². The van der Waals surface area contributed by atoms with Gasteiger partial charge in [-0.25, -0.2) is 4.98 Å². The molecular formula is C22H23N3O3. The van der Waals surface area contributed by atoms with Crippen molar-refractivity contribution in [3.63, 3.8) is 0 Å². The second-order valence-electron chi connectivity index (χ2n) is 6.82. The smallest absolute Gasteiger partial charge is 0.246 e. The molecule has 6 heteroatoms. The van der Waals surface area contributed by atoms with Crippen molar-refractivity contribution in [1.82, 2.24) is 9.88 Å². The first-order chi connectivity index (χ1) is 13.6. The number of ether oxygens (including phenoxy) is 1. The Balaban J connectivity index is 1.40. The van der Waals surface area contributed by atoms with Gasteiger partial charge in [0.15, 0.2) is 5.58 Å². The van der Waals surface area contributed by atoms with Crippen LogP contribution in [0, 0.1) is 0 Å². The van der Waals surface area contributed by atoms with Crippen molar-refractivity contribution >= 4 is 28.8 Å². The van der Waals surface area contributed by atoms with Gasteiger partial charge in [-0.15, -0.1) is 0 Å². The fraction of sp³-hybridized carbons (Fsp3) is 0.273. The fourth-order valence-electron chi connectivity index (χ4n) is 3.40.